The van der Waals surface area contributed by atoms with E-state index in [9.17, 15) is 9.90 Å². The predicted octanol–water partition coefficient (Wildman–Crippen LogP) is 1.98. The third kappa shape index (κ3) is 3.56. The Balaban J connectivity index is 2.86. The lowest BCUT2D eigenvalue weighted by molar-refractivity contribution is -0.139. The lowest BCUT2D eigenvalue weighted by Crippen LogP contribution is -2.34. The number of hydrogen-bond acceptors (Lipinski definition) is 3. The summed E-state index contributed by atoms with van der Waals surface area (Å²) in [5.74, 6) is -0.867. The van der Waals surface area contributed by atoms with Crippen LogP contribution in [0.5, 0.6) is 0 Å². The molecule has 0 bridgehead atoms. The monoisotopic (exact) mass is 239 g/mol. The Morgan fingerprint density at radius 2 is 2.18 bits per heavy atom. The van der Waals surface area contributed by atoms with Crippen LogP contribution in [0.4, 0.5) is 0 Å². The standard InChI is InChI=1S/C12H21N3O2/c1-5-9(4)14-11(12(16)17)10-6-13-15(7-10)8(2)3/h6-9,11,14H,5H2,1-4H3,(H,16,17). The van der Waals surface area contributed by atoms with Gasteiger partial charge in [0.1, 0.15) is 6.04 Å². The summed E-state index contributed by atoms with van der Waals surface area (Å²) in [6, 6.07) is -0.280. The Hall–Kier alpha value is -1.36. The van der Waals surface area contributed by atoms with Crippen LogP contribution in [0.1, 0.15) is 51.8 Å². The first-order valence-corrected chi connectivity index (χ1v) is 5.98. The van der Waals surface area contributed by atoms with Gasteiger partial charge < -0.3 is 5.11 Å². The maximum atomic E-state index is 11.2. The van der Waals surface area contributed by atoms with Crippen LogP contribution in [0, 0.1) is 0 Å². The second-order valence-electron chi connectivity index (χ2n) is 4.59. The minimum absolute atomic E-state index is 0.165. The average molecular weight is 239 g/mol. The number of carbonyl (C=O) groups is 1. The molecule has 96 valence electrons. The van der Waals surface area contributed by atoms with Crippen molar-refractivity contribution >= 4 is 5.97 Å². The third-order valence-electron chi connectivity index (χ3n) is 2.79. The molecule has 0 saturated heterocycles. The second-order valence-corrected chi connectivity index (χ2v) is 4.59. The Bertz CT molecular complexity index is 374. The molecule has 5 heteroatoms. The van der Waals surface area contributed by atoms with Gasteiger partial charge in [0, 0.05) is 23.8 Å². The van der Waals surface area contributed by atoms with Crippen molar-refractivity contribution in [3.05, 3.63) is 18.0 Å². The van der Waals surface area contributed by atoms with Crippen molar-refractivity contribution in [2.45, 2.75) is 52.2 Å². The van der Waals surface area contributed by atoms with Gasteiger partial charge in [-0.3, -0.25) is 14.8 Å². The van der Waals surface area contributed by atoms with E-state index >= 15 is 0 Å². The van der Waals surface area contributed by atoms with Crippen molar-refractivity contribution in [1.82, 2.24) is 15.1 Å². The fourth-order valence-electron chi connectivity index (χ4n) is 1.50. The molecule has 17 heavy (non-hydrogen) atoms. The lowest BCUT2D eigenvalue weighted by atomic mass is 10.1. The van der Waals surface area contributed by atoms with Crippen LogP contribution in [-0.2, 0) is 4.79 Å². The van der Waals surface area contributed by atoms with Crippen molar-refractivity contribution < 1.29 is 9.90 Å². The van der Waals surface area contributed by atoms with Crippen LogP contribution in [0.15, 0.2) is 12.4 Å². The van der Waals surface area contributed by atoms with Gasteiger partial charge >= 0.3 is 5.97 Å². The summed E-state index contributed by atoms with van der Waals surface area (Å²) >= 11 is 0. The molecule has 1 aromatic rings. The zero-order chi connectivity index (χ0) is 13.0. The summed E-state index contributed by atoms with van der Waals surface area (Å²) in [6.07, 6.45) is 4.30. The molecule has 0 aliphatic carbocycles. The first kappa shape index (κ1) is 13.7. The van der Waals surface area contributed by atoms with Gasteiger partial charge in [0.05, 0.1) is 6.20 Å². The van der Waals surface area contributed by atoms with Gasteiger partial charge in [-0.1, -0.05) is 6.92 Å². The van der Waals surface area contributed by atoms with Crippen molar-refractivity contribution in [3.8, 4) is 0 Å². The topological polar surface area (TPSA) is 67.2 Å². The summed E-state index contributed by atoms with van der Waals surface area (Å²) in [7, 11) is 0. The van der Waals surface area contributed by atoms with Gasteiger partial charge in [-0.25, -0.2) is 0 Å². The van der Waals surface area contributed by atoms with Crippen LogP contribution in [-0.4, -0.2) is 26.9 Å². The van der Waals surface area contributed by atoms with Gasteiger partial charge in [0.15, 0.2) is 0 Å². The molecule has 0 fully saturated rings. The molecule has 0 aliphatic heterocycles. The Kier molecular flexibility index (Phi) is 4.69. The Morgan fingerprint density at radius 1 is 1.53 bits per heavy atom. The highest BCUT2D eigenvalue weighted by molar-refractivity contribution is 5.75. The van der Waals surface area contributed by atoms with E-state index in [1.54, 1.807) is 17.1 Å². The van der Waals surface area contributed by atoms with Crippen molar-refractivity contribution in [1.29, 1.82) is 0 Å². The molecule has 1 aromatic heterocycles. The van der Waals surface area contributed by atoms with Crippen LogP contribution in [0.3, 0.4) is 0 Å². The van der Waals surface area contributed by atoms with Gasteiger partial charge in [0.25, 0.3) is 0 Å². The summed E-state index contributed by atoms with van der Waals surface area (Å²) in [5.41, 5.74) is 0.700. The van der Waals surface area contributed by atoms with Gasteiger partial charge in [0.2, 0.25) is 0 Å². The molecule has 0 saturated carbocycles. The van der Waals surface area contributed by atoms with E-state index in [0.717, 1.165) is 6.42 Å². The average Bonchev–Trinajstić information content (AvgIpc) is 2.74. The highest BCUT2D eigenvalue weighted by Crippen LogP contribution is 2.15. The molecule has 2 N–H and O–H groups in total. The van der Waals surface area contributed by atoms with E-state index in [1.165, 1.54) is 0 Å². The quantitative estimate of drug-likeness (QED) is 0.796. The van der Waals surface area contributed by atoms with Crippen LogP contribution >= 0.6 is 0 Å². The first-order valence-electron chi connectivity index (χ1n) is 5.98. The number of carboxylic acids is 1. The molecule has 0 spiro atoms. The summed E-state index contributed by atoms with van der Waals surface area (Å²) in [6.45, 7) is 8.01. The molecule has 0 aromatic carbocycles. The number of aromatic nitrogens is 2. The molecular weight excluding hydrogens is 218 g/mol. The minimum Gasteiger partial charge on any atom is -0.480 e. The van der Waals surface area contributed by atoms with Crippen molar-refractivity contribution in [2.24, 2.45) is 0 Å². The highest BCUT2D eigenvalue weighted by atomic mass is 16.4. The smallest absolute Gasteiger partial charge is 0.325 e. The summed E-state index contributed by atoms with van der Waals surface area (Å²) < 4.78 is 1.77. The highest BCUT2D eigenvalue weighted by Gasteiger charge is 2.22. The zero-order valence-corrected chi connectivity index (χ0v) is 10.8. The van der Waals surface area contributed by atoms with E-state index in [0.29, 0.717) is 5.56 Å². The number of carboxylic acid groups (broad SMARTS) is 1. The third-order valence-corrected chi connectivity index (χ3v) is 2.79. The molecule has 2 unspecified atom stereocenters. The fourth-order valence-corrected chi connectivity index (χ4v) is 1.50. The van der Waals surface area contributed by atoms with Crippen LogP contribution in [0.25, 0.3) is 0 Å². The number of aliphatic carboxylic acids is 1. The van der Waals surface area contributed by atoms with Crippen LogP contribution < -0.4 is 5.32 Å². The largest absolute Gasteiger partial charge is 0.480 e. The molecular formula is C12H21N3O2. The zero-order valence-electron chi connectivity index (χ0n) is 10.8. The van der Waals surface area contributed by atoms with Crippen molar-refractivity contribution in [3.63, 3.8) is 0 Å². The molecule has 0 radical (unpaired) electrons. The molecule has 1 heterocycles. The fraction of sp³-hybridized carbons (Fsp3) is 0.667. The summed E-state index contributed by atoms with van der Waals surface area (Å²) in [4.78, 5) is 11.2. The first-order chi connectivity index (χ1) is 7.95. The second kappa shape index (κ2) is 5.82. The van der Waals surface area contributed by atoms with Gasteiger partial charge in [-0.2, -0.15) is 5.10 Å². The maximum Gasteiger partial charge on any atom is 0.325 e. The molecule has 1 rings (SSSR count). The lowest BCUT2D eigenvalue weighted by Gasteiger charge is -2.17. The van der Waals surface area contributed by atoms with E-state index in [4.69, 9.17) is 0 Å². The van der Waals surface area contributed by atoms with E-state index in [2.05, 4.69) is 10.4 Å². The molecule has 5 nitrogen and oxygen atoms in total. The molecule has 0 aliphatic rings. The number of hydrogen-bond donors (Lipinski definition) is 2. The Morgan fingerprint density at radius 3 is 2.59 bits per heavy atom. The van der Waals surface area contributed by atoms with Crippen LogP contribution in [0.2, 0.25) is 0 Å². The van der Waals surface area contributed by atoms with Gasteiger partial charge in [-0.05, 0) is 27.2 Å². The molecule has 0 amide bonds. The number of rotatable bonds is 6. The maximum absolute atomic E-state index is 11.2. The van der Waals surface area contributed by atoms with E-state index in [-0.39, 0.29) is 12.1 Å². The molecule has 2 atom stereocenters. The predicted molar refractivity (Wildman–Crippen MR) is 65.9 cm³/mol. The van der Waals surface area contributed by atoms with E-state index in [1.807, 2.05) is 27.7 Å². The normalized spacial score (nSPS) is 14.9. The number of nitrogens with zero attached hydrogens (tertiary/aromatic N) is 2. The summed E-state index contributed by atoms with van der Waals surface area (Å²) in [5, 5.41) is 16.5. The van der Waals surface area contributed by atoms with Crippen molar-refractivity contribution in [2.75, 3.05) is 0 Å². The van der Waals surface area contributed by atoms with E-state index < -0.39 is 12.0 Å². The minimum atomic E-state index is -0.867. The number of nitrogens with one attached hydrogen (secondary N) is 1. The van der Waals surface area contributed by atoms with Gasteiger partial charge in [-0.15, -0.1) is 0 Å². The Labute approximate surface area is 102 Å². The SMILES string of the molecule is CCC(C)NC(C(=O)O)c1cnn(C(C)C)c1.